The summed E-state index contributed by atoms with van der Waals surface area (Å²) in [6, 6.07) is 0. The topological polar surface area (TPSA) is 34.1 Å². The Bertz CT molecular complexity index is 307. The normalized spacial score (nSPS) is 25.2. The Hall–Kier alpha value is -0.450. The summed E-state index contributed by atoms with van der Waals surface area (Å²) in [4.78, 5) is 4.38. The Balaban J connectivity index is 1.64. The number of hydrogen-bond acceptors (Lipinski definition) is 4. The zero-order valence-corrected chi connectivity index (χ0v) is 10.1. The quantitative estimate of drug-likeness (QED) is 0.833. The molecule has 1 aromatic heterocycles. The van der Waals surface area contributed by atoms with Crippen molar-refractivity contribution in [3.8, 4) is 0 Å². The molecule has 84 valence electrons. The van der Waals surface area contributed by atoms with Gasteiger partial charge in [0.25, 0.3) is 0 Å². The fourth-order valence-corrected chi connectivity index (χ4v) is 2.54. The van der Waals surface area contributed by atoms with E-state index in [1.165, 1.54) is 12.8 Å². The molecule has 2 rings (SSSR count). The van der Waals surface area contributed by atoms with E-state index in [1.54, 1.807) is 11.3 Å². The Kier molecular flexibility index (Phi) is 3.72. The molecule has 0 aromatic carbocycles. The molecule has 0 aliphatic heterocycles. The largest absolute Gasteiger partial charge is 0.372 e. The van der Waals surface area contributed by atoms with Gasteiger partial charge >= 0.3 is 0 Å². The molecule has 0 unspecified atom stereocenters. The van der Waals surface area contributed by atoms with Crippen LogP contribution < -0.4 is 5.32 Å². The van der Waals surface area contributed by atoms with Gasteiger partial charge in [0, 0.05) is 5.38 Å². The second-order valence-corrected chi connectivity index (χ2v) is 5.25. The highest BCUT2D eigenvalue weighted by Gasteiger charge is 2.29. The van der Waals surface area contributed by atoms with Crippen LogP contribution in [0.15, 0.2) is 5.38 Å². The number of ether oxygens (including phenoxy) is 1. The van der Waals surface area contributed by atoms with E-state index in [0.717, 1.165) is 23.2 Å². The second-order valence-electron chi connectivity index (χ2n) is 4.19. The van der Waals surface area contributed by atoms with Crippen LogP contribution in [0.1, 0.15) is 23.5 Å². The van der Waals surface area contributed by atoms with Gasteiger partial charge in [0.2, 0.25) is 0 Å². The van der Waals surface area contributed by atoms with Crippen LogP contribution in [0, 0.1) is 12.8 Å². The SMILES string of the molecule is CNCC1CC(OCc2csc(C)n2)C1. The summed E-state index contributed by atoms with van der Waals surface area (Å²) in [6.07, 6.45) is 2.86. The predicted octanol–water partition coefficient (Wildman–Crippen LogP) is 1.97. The molecule has 1 N–H and O–H groups in total. The molecule has 1 aliphatic rings. The van der Waals surface area contributed by atoms with Crippen molar-refractivity contribution in [1.29, 1.82) is 0 Å². The standard InChI is InChI=1S/C11H18N2OS/c1-8-13-10(7-15-8)6-14-11-3-9(4-11)5-12-2/h7,9,11-12H,3-6H2,1-2H3. The molecule has 0 bridgehead atoms. The molecule has 15 heavy (non-hydrogen) atoms. The summed E-state index contributed by atoms with van der Waals surface area (Å²) in [5, 5.41) is 6.40. The monoisotopic (exact) mass is 226 g/mol. The first-order chi connectivity index (χ1) is 7.28. The lowest BCUT2D eigenvalue weighted by molar-refractivity contribution is -0.0401. The minimum atomic E-state index is 0.463. The van der Waals surface area contributed by atoms with Gasteiger partial charge in [-0.05, 0) is 39.3 Å². The van der Waals surface area contributed by atoms with Crippen LogP contribution in [-0.2, 0) is 11.3 Å². The van der Waals surface area contributed by atoms with E-state index >= 15 is 0 Å². The smallest absolute Gasteiger partial charge is 0.0900 e. The van der Waals surface area contributed by atoms with Crippen LogP contribution in [0.2, 0.25) is 0 Å². The van der Waals surface area contributed by atoms with Crippen molar-refractivity contribution in [2.45, 2.75) is 32.5 Å². The Morgan fingerprint density at radius 1 is 1.60 bits per heavy atom. The third-order valence-electron chi connectivity index (χ3n) is 2.82. The highest BCUT2D eigenvalue weighted by Crippen LogP contribution is 2.30. The Morgan fingerprint density at radius 2 is 2.40 bits per heavy atom. The number of thiazole rings is 1. The van der Waals surface area contributed by atoms with Gasteiger partial charge in [-0.3, -0.25) is 0 Å². The van der Waals surface area contributed by atoms with E-state index in [2.05, 4.69) is 15.7 Å². The molecular formula is C11H18N2OS. The molecule has 4 heteroatoms. The molecule has 0 atom stereocenters. The average Bonchev–Trinajstić information content (AvgIpc) is 2.55. The summed E-state index contributed by atoms with van der Waals surface area (Å²) in [5.74, 6) is 0.817. The molecule has 0 spiro atoms. The van der Waals surface area contributed by atoms with Crippen molar-refractivity contribution in [3.05, 3.63) is 16.1 Å². The van der Waals surface area contributed by atoms with E-state index in [0.29, 0.717) is 12.7 Å². The van der Waals surface area contributed by atoms with Crippen molar-refractivity contribution in [2.24, 2.45) is 5.92 Å². The Labute approximate surface area is 94.9 Å². The molecule has 3 nitrogen and oxygen atoms in total. The maximum Gasteiger partial charge on any atom is 0.0900 e. The highest BCUT2D eigenvalue weighted by molar-refractivity contribution is 7.09. The van der Waals surface area contributed by atoms with E-state index in [-0.39, 0.29) is 0 Å². The molecular weight excluding hydrogens is 208 g/mol. The van der Waals surface area contributed by atoms with Gasteiger partial charge in [0.1, 0.15) is 0 Å². The number of aryl methyl sites for hydroxylation is 1. The van der Waals surface area contributed by atoms with Gasteiger partial charge in [-0.25, -0.2) is 4.98 Å². The van der Waals surface area contributed by atoms with Gasteiger partial charge in [-0.15, -0.1) is 11.3 Å². The molecule has 0 saturated heterocycles. The van der Waals surface area contributed by atoms with Crippen LogP contribution in [0.5, 0.6) is 0 Å². The fourth-order valence-electron chi connectivity index (χ4n) is 1.94. The predicted molar refractivity (Wildman–Crippen MR) is 62.1 cm³/mol. The number of nitrogens with one attached hydrogen (secondary N) is 1. The molecule has 1 fully saturated rings. The number of nitrogens with zero attached hydrogens (tertiary/aromatic N) is 1. The first-order valence-electron chi connectivity index (χ1n) is 5.45. The molecule has 1 saturated carbocycles. The van der Waals surface area contributed by atoms with Gasteiger partial charge in [0.15, 0.2) is 0 Å². The first-order valence-corrected chi connectivity index (χ1v) is 6.33. The lowest BCUT2D eigenvalue weighted by Crippen LogP contribution is -2.36. The number of rotatable bonds is 5. The summed E-state index contributed by atoms with van der Waals surface area (Å²) in [5.41, 5.74) is 1.08. The van der Waals surface area contributed by atoms with Gasteiger partial charge in [-0.2, -0.15) is 0 Å². The highest BCUT2D eigenvalue weighted by atomic mass is 32.1. The number of aromatic nitrogens is 1. The van der Waals surface area contributed by atoms with E-state index in [4.69, 9.17) is 4.74 Å². The van der Waals surface area contributed by atoms with Gasteiger partial charge < -0.3 is 10.1 Å². The lowest BCUT2D eigenvalue weighted by Gasteiger charge is -2.34. The number of hydrogen-bond donors (Lipinski definition) is 1. The summed E-state index contributed by atoms with van der Waals surface area (Å²) >= 11 is 1.69. The first kappa shape index (κ1) is 11.0. The third-order valence-corrected chi connectivity index (χ3v) is 3.64. The minimum absolute atomic E-state index is 0.463. The molecule has 0 radical (unpaired) electrons. The minimum Gasteiger partial charge on any atom is -0.372 e. The molecule has 1 aromatic rings. The maximum atomic E-state index is 5.77. The zero-order valence-electron chi connectivity index (χ0n) is 9.32. The summed E-state index contributed by atoms with van der Waals surface area (Å²) in [7, 11) is 2.01. The van der Waals surface area contributed by atoms with Crippen molar-refractivity contribution in [1.82, 2.24) is 10.3 Å². The molecule has 1 aliphatic carbocycles. The van der Waals surface area contributed by atoms with Crippen LogP contribution in [0.25, 0.3) is 0 Å². The van der Waals surface area contributed by atoms with E-state index < -0.39 is 0 Å². The molecule has 1 heterocycles. The average molecular weight is 226 g/mol. The lowest BCUT2D eigenvalue weighted by atomic mass is 9.82. The van der Waals surface area contributed by atoms with Gasteiger partial charge in [-0.1, -0.05) is 0 Å². The Morgan fingerprint density at radius 3 is 3.00 bits per heavy atom. The van der Waals surface area contributed by atoms with Crippen LogP contribution in [0.3, 0.4) is 0 Å². The van der Waals surface area contributed by atoms with Crippen LogP contribution >= 0.6 is 11.3 Å². The fraction of sp³-hybridized carbons (Fsp3) is 0.727. The van der Waals surface area contributed by atoms with Gasteiger partial charge in [0.05, 0.1) is 23.4 Å². The summed E-state index contributed by atoms with van der Waals surface area (Å²) in [6.45, 7) is 3.83. The van der Waals surface area contributed by atoms with Crippen LogP contribution in [0.4, 0.5) is 0 Å². The van der Waals surface area contributed by atoms with Crippen LogP contribution in [-0.4, -0.2) is 24.7 Å². The maximum absolute atomic E-state index is 5.77. The summed E-state index contributed by atoms with van der Waals surface area (Å²) < 4.78 is 5.77. The van der Waals surface area contributed by atoms with E-state index in [9.17, 15) is 0 Å². The van der Waals surface area contributed by atoms with E-state index in [1.807, 2.05) is 14.0 Å². The second kappa shape index (κ2) is 5.05. The van der Waals surface area contributed by atoms with Crippen molar-refractivity contribution in [2.75, 3.05) is 13.6 Å². The van der Waals surface area contributed by atoms with Crippen molar-refractivity contribution in [3.63, 3.8) is 0 Å². The third kappa shape index (κ3) is 3.00. The molecule has 0 amide bonds. The van der Waals surface area contributed by atoms with Crippen molar-refractivity contribution >= 4 is 11.3 Å². The van der Waals surface area contributed by atoms with Crippen molar-refractivity contribution < 1.29 is 4.74 Å². The zero-order chi connectivity index (χ0) is 10.7.